The van der Waals surface area contributed by atoms with Crippen LogP contribution in [0.3, 0.4) is 0 Å². The molecule has 3 aromatic heterocycles. The number of ether oxygens (including phenoxy) is 1. The lowest BCUT2D eigenvalue weighted by atomic mass is 10.3. The summed E-state index contributed by atoms with van der Waals surface area (Å²) in [5, 5.41) is 6.89. The monoisotopic (exact) mass is 359 g/mol. The minimum absolute atomic E-state index is 0.103. The van der Waals surface area contributed by atoms with Gasteiger partial charge in [0.15, 0.2) is 11.5 Å². The molecular formula is C16H14ClN5O3. The van der Waals surface area contributed by atoms with E-state index in [2.05, 4.69) is 25.4 Å². The Labute approximate surface area is 148 Å². The molecule has 3 aromatic rings. The normalized spacial score (nSPS) is 10.5. The van der Waals surface area contributed by atoms with Crippen molar-refractivity contribution in [2.75, 3.05) is 0 Å². The first kappa shape index (κ1) is 16.8. The molecule has 0 unspecified atom stereocenters. The first-order valence-electron chi connectivity index (χ1n) is 7.35. The summed E-state index contributed by atoms with van der Waals surface area (Å²) in [5.74, 6) is 0.523. The third-order valence-electron chi connectivity index (χ3n) is 3.12. The smallest absolute Gasteiger partial charge is 0.273 e. The molecule has 1 amide bonds. The van der Waals surface area contributed by atoms with Gasteiger partial charge in [0.25, 0.3) is 5.91 Å². The van der Waals surface area contributed by atoms with Crippen molar-refractivity contribution < 1.29 is 14.1 Å². The summed E-state index contributed by atoms with van der Waals surface area (Å²) < 4.78 is 10.6. The Morgan fingerprint density at radius 2 is 2.12 bits per heavy atom. The number of rotatable bonds is 6. The number of pyridine rings is 1. The van der Waals surface area contributed by atoms with Crippen molar-refractivity contribution in [3.8, 4) is 5.75 Å². The zero-order chi connectivity index (χ0) is 17.6. The van der Waals surface area contributed by atoms with Crippen molar-refractivity contribution in [1.82, 2.24) is 25.4 Å². The zero-order valence-corrected chi connectivity index (χ0v) is 14.0. The van der Waals surface area contributed by atoms with E-state index in [0.29, 0.717) is 22.2 Å². The van der Waals surface area contributed by atoms with E-state index in [1.807, 2.05) is 6.92 Å². The number of aromatic nitrogens is 4. The standard InChI is InChI=1S/C16H14ClN5O3/c1-10-4-20-12(6-19-10)7-21-16(23)15-3-14(25-22-15)9-24-13-2-11(17)5-18-8-13/h2-6,8H,7,9H2,1H3,(H,21,23). The predicted octanol–water partition coefficient (Wildman–Crippen LogP) is 2.33. The van der Waals surface area contributed by atoms with Crippen molar-refractivity contribution in [2.24, 2.45) is 0 Å². The third kappa shape index (κ3) is 4.74. The summed E-state index contributed by atoms with van der Waals surface area (Å²) in [6, 6.07) is 3.13. The van der Waals surface area contributed by atoms with Gasteiger partial charge in [-0.25, -0.2) is 0 Å². The van der Waals surface area contributed by atoms with Gasteiger partial charge in [0.05, 0.1) is 35.3 Å². The molecule has 9 heteroatoms. The predicted molar refractivity (Wildman–Crippen MR) is 88.0 cm³/mol. The van der Waals surface area contributed by atoms with E-state index in [1.54, 1.807) is 18.5 Å². The van der Waals surface area contributed by atoms with E-state index >= 15 is 0 Å². The molecule has 0 spiro atoms. The van der Waals surface area contributed by atoms with Crippen molar-refractivity contribution in [1.29, 1.82) is 0 Å². The Morgan fingerprint density at radius 1 is 1.24 bits per heavy atom. The van der Waals surface area contributed by atoms with Gasteiger partial charge in [-0.1, -0.05) is 16.8 Å². The number of hydrogen-bond donors (Lipinski definition) is 1. The van der Waals surface area contributed by atoms with Crippen LogP contribution in [0, 0.1) is 6.92 Å². The quantitative estimate of drug-likeness (QED) is 0.720. The SMILES string of the molecule is Cc1cnc(CNC(=O)c2cc(COc3cncc(Cl)c3)on2)cn1. The first-order valence-corrected chi connectivity index (χ1v) is 7.72. The molecule has 0 bridgehead atoms. The molecule has 1 N–H and O–H groups in total. The highest BCUT2D eigenvalue weighted by Gasteiger charge is 2.13. The number of aryl methyl sites for hydroxylation is 1. The molecule has 0 aromatic carbocycles. The van der Waals surface area contributed by atoms with Crippen LogP contribution in [0.15, 0.2) is 41.4 Å². The van der Waals surface area contributed by atoms with E-state index in [4.69, 9.17) is 20.9 Å². The lowest BCUT2D eigenvalue weighted by Crippen LogP contribution is -2.23. The Balaban J connectivity index is 1.53. The number of nitrogens with one attached hydrogen (secondary N) is 1. The summed E-state index contributed by atoms with van der Waals surface area (Å²) >= 11 is 5.83. The van der Waals surface area contributed by atoms with Gasteiger partial charge < -0.3 is 14.6 Å². The zero-order valence-electron chi connectivity index (χ0n) is 13.3. The maximum Gasteiger partial charge on any atom is 0.273 e. The topological polar surface area (TPSA) is 103 Å². The number of nitrogens with zero attached hydrogens (tertiary/aromatic N) is 4. The lowest BCUT2D eigenvalue weighted by molar-refractivity contribution is 0.0941. The average Bonchev–Trinajstić information content (AvgIpc) is 3.08. The number of carbonyl (C=O) groups excluding carboxylic acids is 1. The minimum Gasteiger partial charge on any atom is -0.484 e. The fourth-order valence-corrected chi connectivity index (χ4v) is 2.05. The van der Waals surface area contributed by atoms with Crippen LogP contribution in [0.4, 0.5) is 0 Å². The number of hydrogen-bond acceptors (Lipinski definition) is 7. The van der Waals surface area contributed by atoms with E-state index in [9.17, 15) is 4.79 Å². The van der Waals surface area contributed by atoms with Gasteiger partial charge >= 0.3 is 0 Å². The Kier molecular flexibility index (Phi) is 5.20. The highest BCUT2D eigenvalue weighted by Crippen LogP contribution is 2.16. The van der Waals surface area contributed by atoms with Gasteiger partial charge in [0.2, 0.25) is 0 Å². The van der Waals surface area contributed by atoms with Crippen LogP contribution < -0.4 is 10.1 Å². The van der Waals surface area contributed by atoms with Crippen LogP contribution in [0.5, 0.6) is 5.75 Å². The van der Waals surface area contributed by atoms with Gasteiger partial charge in [-0.15, -0.1) is 0 Å². The summed E-state index contributed by atoms with van der Waals surface area (Å²) in [4.78, 5) is 24.3. The van der Waals surface area contributed by atoms with Crippen LogP contribution in [0.25, 0.3) is 0 Å². The van der Waals surface area contributed by atoms with E-state index in [-0.39, 0.29) is 24.8 Å². The molecule has 0 aliphatic carbocycles. The van der Waals surface area contributed by atoms with Gasteiger partial charge in [-0.3, -0.25) is 19.7 Å². The molecule has 0 atom stereocenters. The summed E-state index contributed by atoms with van der Waals surface area (Å²) in [6.45, 7) is 2.19. The van der Waals surface area contributed by atoms with Gasteiger partial charge in [0.1, 0.15) is 12.4 Å². The van der Waals surface area contributed by atoms with Gasteiger partial charge in [0, 0.05) is 24.5 Å². The molecule has 0 aliphatic rings. The molecule has 3 heterocycles. The van der Waals surface area contributed by atoms with E-state index < -0.39 is 0 Å². The summed E-state index contributed by atoms with van der Waals surface area (Å²) in [7, 11) is 0. The molecule has 3 rings (SSSR count). The average molecular weight is 360 g/mol. The third-order valence-corrected chi connectivity index (χ3v) is 3.32. The van der Waals surface area contributed by atoms with Gasteiger partial charge in [-0.05, 0) is 6.92 Å². The molecule has 0 fully saturated rings. The molecule has 0 saturated heterocycles. The number of amides is 1. The molecular weight excluding hydrogens is 346 g/mol. The Hall–Kier alpha value is -3.00. The fraction of sp³-hybridized carbons (Fsp3) is 0.188. The second kappa shape index (κ2) is 7.71. The van der Waals surface area contributed by atoms with Gasteiger partial charge in [-0.2, -0.15) is 0 Å². The second-order valence-corrected chi connectivity index (χ2v) is 5.57. The van der Waals surface area contributed by atoms with Crippen molar-refractivity contribution in [3.63, 3.8) is 0 Å². The van der Waals surface area contributed by atoms with E-state index in [1.165, 1.54) is 18.5 Å². The first-order chi connectivity index (χ1) is 12.1. The van der Waals surface area contributed by atoms with Crippen molar-refractivity contribution in [2.45, 2.75) is 20.1 Å². The Bertz CT molecular complexity index is 866. The maximum atomic E-state index is 12.1. The molecule has 25 heavy (non-hydrogen) atoms. The van der Waals surface area contributed by atoms with Crippen LogP contribution in [0.1, 0.15) is 27.6 Å². The largest absolute Gasteiger partial charge is 0.484 e. The summed E-state index contributed by atoms with van der Waals surface area (Å²) in [5.41, 5.74) is 1.62. The molecule has 0 saturated carbocycles. The van der Waals surface area contributed by atoms with Crippen molar-refractivity contribution in [3.05, 3.63) is 64.8 Å². The molecule has 0 radical (unpaired) electrons. The highest BCUT2D eigenvalue weighted by molar-refractivity contribution is 6.30. The molecule has 8 nitrogen and oxygen atoms in total. The second-order valence-electron chi connectivity index (χ2n) is 5.14. The summed E-state index contributed by atoms with van der Waals surface area (Å²) in [6.07, 6.45) is 6.27. The number of carbonyl (C=O) groups is 1. The highest BCUT2D eigenvalue weighted by atomic mass is 35.5. The fourth-order valence-electron chi connectivity index (χ4n) is 1.89. The van der Waals surface area contributed by atoms with Crippen LogP contribution in [0.2, 0.25) is 5.02 Å². The van der Waals surface area contributed by atoms with E-state index in [0.717, 1.165) is 5.69 Å². The maximum absolute atomic E-state index is 12.1. The van der Waals surface area contributed by atoms with Crippen LogP contribution in [-0.2, 0) is 13.2 Å². The molecule has 128 valence electrons. The lowest BCUT2D eigenvalue weighted by Gasteiger charge is -2.02. The Morgan fingerprint density at radius 3 is 2.88 bits per heavy atom. The molecule has 0 aliphatic heterocycles. The van der Waals surface area contributed by atoms with Crippen LogP contribution >= 0.6 is 11.6 Å². The van der Waals surface area contributed by atoms with Crippen LogP contribution in [-0.4, -0.2) is 26.0 Å². The minimum atomic E-state index is -0.373. The van der Waals surface area contributed by atoms with Crippen molar-refractivity contribution >= 4 is 17.5 Å². The number of halogens is 1.